The molecule has 0 aromatic heterocycles. The Kier molecular flexibility index (Phi) is 4.48. The summed E-state index contributed by atoms with van der Waals surface area (Å²) in [6.07, 6.45) is 6.88. The topological polar surface area (TPSA) is 0 Å². The van der Waals surface area contributed by atoms with E-state index >= 15 is 0 Å². The van der Waals surface area contributed by atoms with Crippen molar-refractivity contribution in [1.29, 1.82) is 0 Å². The maximum absolute atomic E-state index is 2.31. The third kappa shape index (κ3) is 3.60. The predicted molar refractivity (Wildman–Crippen MR) is 52.4 cm³/mol. The molecule has 1 radical (unpaired) electrons. The summed E-state index contributed by atoms with van der Waals surface area (Å²) in [6, 6.07) is 0. The van der Waals surface area contributed by atoms with Crippen LogP contribution >= 0.6 is 0 Å². The Labute approximate surface area is 71.7 Å². The lowest BCUT2D eigenvalue weighted by atomic mass is 9.78. The van der Waals surface area contributed by atoms with E-state index in [1.165, 1.54) is 6.42 Å². The molecule has 0 aromatic rings. The lowest BCUT2D eigenvalue weighted by Crippen LogP contribution is -2.15. The van der Waals surface area contributed by atoms with Crippen LogP contribution in [0.4, 0.5) is 0 Å². The highest BCUT2D eigenvalue weighted by molar-refractivity contribution is 5.09. The molecule has 0 fully saturated rings. The highest BCUT2D eigenvalue weighted by atomic mass is 14.2. The molecule has 0 bridgehead atoms. The van der Waals surface area contributed by atoms with Crippen molar-refractivity contribution >= 4 is 0 Å². The van der Waals surface area contributed by atoms with E-state index in [0.29, 0.717) is 5.41 Å². The van der Waals surface area contributed by atoms with Crippen LogP contribution in [0.3, 0.4) is 0 Å². The average Bonchev–Trinajstić information content (AvgIpc) is 1.99. The first-order valence-corrected chi connectivity index (χ1v) is 4.55. The third-order valence-electron chi connectivity index (χ3n) is 2.40. The van der Waals surface area contributed by atoms with Gasteiger partial charge in [0.05, 0.1) is 0 Å². The van der Waals surface area contributed by atoms with E-state index < -0.39 is 0 Å². The van der Waals surface area contributed by atoms with Crippen LogP contribution in [0.25, 0.3) is 0 Å². The van der Waals surface area contributed by atoms with Crippen LogP contribution in [0, 0.1) is 11.3 Å². The minimum atomic E-state index is 0.296. The summed E-state index contributed by atoms with van der Waals surface area (Å²) in [5.74, 6) is 1.56. The molecule has 0 N–H and O–H groups in total. The van der Waals surface area contributed by atoms with E-state index in [9.17, 15) is 0 Å². The van der Waals surface area contributed by atoms with Crippen LogP contribution in [-0.2, 0) is 0 Å². The molecule has 0 aliphatic carbocycles. The second-order valence-corrected chi connectivity index (χ2v) is 3.67. The van der Waals surface area contributed by atoms with E-state index in [-0.39, 0.29) is 0 Å². The van der Waals surface area contributed by atoms with Gasteiger partial charge < -0.3 is 0 Å². The normalized spacial score (nSPS) is 13.3. The molecule has 0 aliphatic heterocycles. The molecule has 0 rings (SSSR count). The molecule has 0 unspecified atom stereocenters. The van der Waals surface area contributed by atoms with Gasteiger partial charge in [-0.2, -0.15) is 0 Å². The van der Waals surface area contributed by atoms with Crippen molar-refractivity contribution in [2.75, 3.05) is 0 Å². The first-order valence-electron chi connectivity index (χ1n) is 4.55. The summed E-state index contributed by atoms with van der Waals surface area (Å²) in [4.78, 5) is 0. The van der Waals surface area contributed by atoms with Crippen LogP contribution in [0.15, 0.2) is 12.2 Å². The molecule has 0 saturated heterocycles. The summed E-state index contributed by atoms with van der Waals surface area (Å²) in [6.45, 7) is 11.2. The largest absolute Gasteiger partial charge is 0.0883 e. The number of rotatable bonds is 4. The molecule has 0 atom stereocenters. The van der Waals surface area contributed by atoms with Crippen molar-refractivity contribution in [1.82, 2.24) is 0 Å². The summed E-state index contributed by atoms with van der Waals surface area (Å²) in [7, 11) is 0. The third-order valence-corrected chi connectivity index (χ3v) is 2.40. The minimum Gasteiger partial charge on any atom is -0.0883 e. The molecule has 0 amide bonds. The van der Waals surface area contributed by atoms with Gasteiger partial charge in [0.2, 0.25) is 0 Å². The van der Waals surface area contributed by atoms with E-state index in [1.54, 1.807) is 5.92 Å². The highest BCUT2D eigenvalue weighted by Gasteiger charge is 2.20. The molecule has 0 saturated carbocycles. The number of allylic oxidation sites excluding steroid dienone is 2. The Morgan fingerprint density at radius 2 is 1.82 bits per heavy atom. The van der Waals surface area contributed by atoms with Crippen LogP contribution in [0.1, 0.15) is 47.5 Å². The smallest absolute Gasteiger partial charge is 0.0116 e. The molecule has 0 spiro atoms. The van der Waals surface area contributed by atoms with Gasteiger partial charge in [-0.05, 0) is 24.2 Å². The second kappa shape index (κ2) is 4.58. The average molecular weight is 153 g/mol. The molecule has 65 valence electrons. The summed E-state index contributed by atoms with van der Waals surface area (Å²) >= 11 is 0. The molecule has 0 heteroatoms. The van der Waals surface area contributed by atoms with Gasteiger partial charge in [-0.15, -0.1) is 0 Å². The Bertz CT molecular complexity index is 120. The first-order chi connectivity index (χ1) is 5.04. The SMILES string of the molecule is CCC=CC(C)(C)[C](C)CC. The first kappa shape index (κ1) is 10.7. The van der Waals surface area contributed by atoms with Gasteiger partial charge in [-0.3, -0.25) is 0 Å². The van der Waals surface area contributed by atoms with Crippen molar-refractivity contribution in [2.24, 2.45) is 5.41 Å². The number of hydrogen-bond acceptors (Lipinski definition) is 0. The van der Waals surface area contributed by atoms with Gasteiger partial charge in [0.25, 0.3) is 0 Å². The summed E-state index contributed by atoms with van der Waals surface area (Å²) < 4.78 is 0. The van der Waals surface area contributed by atoms with Gasteiger partial charge in [-0.1, -0.05) is 46.8 Å². The quantitative estimate of drug-likeness (QED) is 0.536. The predicted octanol–water partition coefficient (Wildman–Crippen LogP) is 3.98. The zero-order chi connectivity index (χ0) is 8.91. The molecular weight excluding hydrogens is 132 g/mol. The van der Waals surface area contributed by atoms with Gasteiger partial charge in [0, 0.05) is 0 Å². The van der Waals surface area contributed by atoms with Gasteiger partial charge in [0.1, 0.15) is 0 Å². The molecular formula is C11H21. The summed E-state index contributed by atoms with van der Waals surface area (Å²) in [5, 5.41) is 0. The zero-order valence-electron chi connectivity index (χ0n) is 8.57. The summed E-state index contributed by atoms with van der Waals surface area (Å²) in [5.41, 5.74) is 0.296. The lowest BCUT2D eigenvalue weighted by molar-refractivity contribution is 0.477. The maximum atomic E-state index is 2.31. The molecule has 0 heterocycles. The Morgan fingerprint density at radius 3 is 2.18 bits per heavy atom. The maximum Gasteiger partial charge on any atom is -0.0116 e. The van der Waals surface area contributed by atoms with Crippen molar-refractivity contribution in [3.8, 4) is 0 Å². The fourth-order valence-electron chi connectivity index (χ4n) is 1.01. The molecule has 0 aliphatic rings. The number of hydrogen-bond donors (Lipinski definition) is 0. The molecule has 11 heavy (non-hydrogen) atoms. The van der Waals surface area contributed by atoms with E-state index in [4.69, 9.17) is 0 Å². The fraction of sp³-hybridized carbons (Fsp3) is 0.727. The highest BCUT2D eigenvalue weighted by Crippen LogP contribution is 2.32. The van der Waals surface area contributed by atoms with Crippen LogP contribution in [0.2, 0.25) is 0 Å². The Balaban J connectivity index is 4.08. The standard InChI is InChI=1S/C11H21/c1-6-8-9-11(4,5)10(3)7-2/h8-9H,6-7H2,1-5H3. The Morgan fingerprint density at radius 1 is 1.27 bits per heavy atom. The van der Waals surface area contributed by atoms with Crippen LogP contribution in [-0.4, -0.2) is 0 Å². The Hall–Kier alpha value is -0.260. The van der Waals surface area contributed by atoms with Crippen molar-refractivity contribution < 1.29 is 0 Å². The molecule has 0 nitrogen and oxygen atoms in total. The second-order valence-electron chi connectivity index (χ2n) is 3.67. The van der Waals surface area contributed by atoms with E-state index in [2.05, 4.69) is 46.8 Å². The van der Waals surface area contributed by atoms with Crippen molar-refractivity contribution in [2.45, 2.75) is 47.5 Å². The van der Waals surface area contributed by atoms with Gasteiger partial charge in [0.15, 0.2) is 0 Å². The van der Waals surface area contributed by atoms with E-state index in [0.717, 1.165) is 6.42 Å². The monoisotopic (exact) mass is 153 g/mol. The minimum absolute atomic E-state index is 0.296. The van der Waals surface area contributed by atoms with Gasteiger partial charge >= 0.3 is 0 Å². The zero-order valence-corrected chi connectivity index (χ0v) is 8.57. The van der Waals surface area contributed by atoms with E-state index in [1.807, 2.05) is 0 Å². The fourth-order valence-corrected chi connectivity index (χ4v) is 1.01. The van der Waals surface area contributed by atoms with Gasteiger partial charge in [-0.25, -0.2) is 0 Å². The van der Waals surface area contributed by atoms with Crippen LogP contribution < -0.4 is 0 Å². The van der Waals surface area contributed by atoms with Crippen LogP contribution in [0.5, 0.6) is 0 Å². The molecule has 0 aromatic carbocycles. The van der Waals surface area contributed by atoms with Crippen molar-refractivity contribution in [3.63, 3.8) is 0 Å². The lowest BCUT2D eigenvalue weighted by Gasteiger charge is -2.26. The van der Waals surface area contributed by atoms with Crippen molar-refractivity contribution in [3.05, 3.63) is 18.1 Å².